The zero-order valence-electron chi connectivity index (χ0n) is 9.72. The highest BCUT2D eigenvalue weighted by atomic mass is 16.6. The van der Waals surface area contributed by atoms with Gasteiger partial charge in [-0.1, -0.05) is 20.8 Å². The Bertz CT molecular complexity index is 221. The monoisotopic (exact) mass is 200 g/mol. The molecule has 14 heavy (non-hydrogen) atoms. The van der Waals surface area contributed by atoms with Crippen LogP contribution in [0.15, 0.2) is 0 Å². The third kappa shape index (κ3) is 2.47. The van der Waals surface area contributed by atoms with Crippen LogP contribution in [-0.2, 0) is 14.3 Å². The van der Waals surface area contributed by atoms with Crippen molar-refractivity contribution in [2.45, 2.75) is 40.7 Å². The molecule has 0 aromatic rings. The van der Waals surface area contributed by atoms with Crippen LogP contribution < -0.4 is 0 Å². The van der Waals surface area contributed by atoms with E-state index in [4.69, 9.17) is 9.47 Å². The van der Waals surface area contributed by atoms with Crippen molar-refractivity contribution in [2.24, 2.45) is 10.8 Å². The van der Waals surface area contributed by atoms with E-state index >= 15 is 0 Å². The van der Waals surface area contributed by atoms with Gasteiger partial charge in [-0.3, -0.25) is 4.79 Å². The predicted octanol–water partition coefficient (Wildman–Crippen LogP) is 2.00. The first-order valence-corrected chi connectivity index (χ1v) is 5.04. The van der Waals surface area contributed by atoms with Gasteiger partial charge < -0.3 is 9.47 Å². The van der Waals surface area contributed by atoms with Crippen molar-refractivity contribution in [3.63, 3.8) is 0 Å². The molecule has 0 spiro atoms. The molecule has 1 rings (SSSR count). The Morgan fingerprint density at radius 1 is 1.36 bits per heavy atom. The second-order valence-corrected chi connectivity index (χ2v) is 5.43. The molecule has 0 aliphatic carbocycles. The Labute approximate surface area is 85.8 Å². The highest BCUT2D eigenvalue weighted by Crippen LogP contribution is 2.38. The molecule has 1 heterocycles. The van der Waals surface area contributed by atoms with Crippen molar-refractivity contribution in [3.8, 4) is 0 Å². The molecule has 0 aromatic carbocycles. The van der Waals surface area contributed by atoms with Gasteiger partial charge in [-0.25, -0.2) is 0 Å². The van der Waals surface area contributed by atoms with Crippen LogP contribution in [0.2, 0.25) is 0 Å². The largest absolute Gasteiger partial charge is 0.462 e. The molecule has 0 radical (unpaired) electrons. The fraction of sp³-hybridized carbons (Fsp3) is 0.909. The number of ether oxygens (including phenoxy) is 2. The number of hydrogen-bond donors (Lipinski definition) is 0. The summed E-state index contributed by atoms with van der Waals surface area (Å²) in [6.45, 7) is 11.1. The van der Waals surface area contributed by atoms with Crippen LogP contribution >= 0.6 is 0 Å². The minimum Gasteiger partial charge on any atom is -0.462 e. The lowest BCUT2D eigenvalue weighted by molar-refractivity contribution is -0.160. The summed E-state index contributed by atoms with van der Waals surface area (Å²) in [6, 6.07) is 0. The standard InChI is InChI=1S/C11H20O3/c1-10(2,3)11(4,5)9(12)14-7-8-6-13-8/h8H,6-7H2,1-5H3. The topological polar surface area (TPSA) is 38.8 Å². The second kappa shape index (κ2) is 3.54. The Kier molecular flexibility index (Phi) is 2.91. The first-order valence-electron chi connectivity index (χ1n) is 5.04. The maximum Gasteiger partial charge on any atom is 0.312 e. The smallest absolute Gasteiger partial charge is 0.312 e. The van der Waals surface area contributed by atoms with Gasteiger partial charge in [0.1, 0.15) is 12.7 Å². The van der Waals surface area contributed by atoms with Crippen molar-refractivity contribution in [1.82, 2.24) is 0 Å². The molecular formula is C11H20O3. The Balaban J connectivity index is 2.48. The van der Waals surface area contributed by atoms with Crippen molar-refractivity contribution >= 4 is 5.97 Å². The van der Waals surface area contributed by atoms with Crippen LogP contribution in [-0.4, -0.2) is 25.3 Å². The Hall–Kier alpha value is -0.570. The number of hydrogen-bond acceptors (Lipinski definition) is 3. The van der Waals surface area contributed by atoms with E-state index in [-0.39, 0.29) is 17.5 Å². The van der Waals surface area contributed by atoms with Gasteiger partial charge >= 0.3 is 5.97 Å². The van der Waals surface area contributed by atoms with Gasteiger partial charge in [0.2, 0.25) is 0 Å². The van der Waals surface area contributed by atoms with E-state index in [2.05, 4.69) is 0 Å². The zero-order chi connectivity index (χ0) is 11.0. The average Bonchev–Trinajstić information content (AvgIpc) is 2.80. The van der Waals surface area contributed by atoms with Crippen molar-refractivity contribution in [2.75, 3.05) is 13.2 Å². The fourth-order valence-corrected chi connectivity index (χ4v) is 0.820. The molecule has 0 bridgehead atoms. The third-order valence-corrected chi connectivity index (χ3v) is 3.19. The van der Waals surface area contributed by atoms with Gasteiger partial charge in [0, 0.05) is 0 Å². The van der Waals surface area contributed by atoms with Gasteiger partial charge in [-0.2, -0.15) is 0 Å². The molecule has 0 saturated carbocycles. The molecule has 1 aliphatic rings. The van der Waals surface area contributed by atoms with E-state index in [1.807, 2.05) is 34.6 Å². The predicted molar refractivity (Wildman–Crippen MR) is 53.9 cm³/mol. The molecule has 0 N–H and O–H groups in total. The number of rotatable bonds is 3. The summed E-state index contributed by atoms with van der Waals surface area (Å²) in [6.07, 6.45) is 0.148. The lowest BCUT2D eigenvalue weighted by atomic mass is 9.69. The minimum absolute atomic E-state index is 0.0888. The van der Waals surface area contributed by atoms with E-state index in [1.165, 1.54) is 0 Å². The summed E-state index contributed by atoms with van der Waals surface area (Å²) in [5, 5.41) is 0. The first-order chi connectivity index (χ1) is 6.25. The van der Waals surface area contributed by atoms with Crippen LogP contribution in [0.25, 0.3) is 0 Å². The van der Waals surface area contributed by atoms with Gasteiger partial charge in [-0.15, -0.1) is 0 Å². The average molecular weight is 200 g/mol. The summed E-state index contributed by atoms with van der Waals surface area (Å²) < 4.78 is 10.2. The maximum absolute atomic E-state index is 11.8. The van der Waals surface area contributed by atoms with E-state index in [0.717, 1.165) is 6.61 Å². The number of carbonyl (C=O) groups is 1. The van der Waals surface area contributed by atoms with Crippen LogP contribution in [0.5, 0.6) is 0 Å². The van der Waals surface area contributed by atoms with Crippen molar-refractivity contribution < 1.29 is 14.3 Å². The van der Waals surface area contributed by atoms with Crippen LogP contribution in [0.1, 0.15) is 34.6 Å². The molecule has 1 atom stereocenters. The third-order valence-electron chi connectivity index (χ3n) is 3.19. The van der Waals surface area contributed by atoms with Crippen LogP contribution in [0.3, 0.4) is 0 Å². The lowest BCUT2D eigenvalue weighted by Crippen LogP contribution is -2.39. The Morgan fingerprint density at radius 2 is 1.86 bits per heavy atom. The molecule has 1 unspecified atom stereocenters. The Morgan fingerprint density at radius 3 is 2.21 bits per heavy atom. The number of carbonyl (C=O) groups excluding carboxylic acids is 1. The molecule has 3 nitrogen and oxygen atoms in total. The van der Waals surface area contributed by atoms with E-state index in [9.17, 15) is 4.79 Å². The first kappa shape index (κ1) is 11.5. The quantitative estimate of drug-likeness (QED) is 0.516. The molecule has 3 heteroatoms. The molecule has 1 saturated heterocycles. The van der Waals surface area contributed by atoms with E-state index in [1.54, 1.807) is 0 Å². The molecule has 0 aromatic heterocycles. The minimum atomic E-state index is -0.456. The summed E-state index contributed by atoms with van der Waals surface area (Å²) >= 11 is 0. The fourth-order valence-electron chi connectivity index (χ4n) is 0.820. The van der Waals surface area contributed by atoms with Crippen molar-refractivity contribution in [3.05, 3.63) is 0 Å². The van der Waals surface area contributed by atoms with E-state index in [0.29, 0.717) is 6.61 Å². The molecular weight excluding hydrogens is 180 g/mol. The second-order valence-electron chi connectivity index (χ2n) is 5.43. The van der Waals surface area contributed by atoms with Crippen LogP contribution in [0, 0.1) is 10.8 Å². The van der Waals surface area contributed by atoms with E-state index < -0.39 is 5.41 Å². The van der Waals surface area contributed by atoms with Gasteiger partial charge in [0.15, 0.2) is 0 Å². The van der Waals surface area contributed by atoms with Gasteiger partial charge in [0.25, 0.3) is 0 Å². The number of esters is 1. The highest BCUT2D eigenvalue weighted by molar-refractivity contribution is 5.76. The summed E-state index contributed by atoms with van der Waals surface area (Å²) in [7, 11) is 0. The molecule has 82 valence electrons. The molecule has 1 aliphatic heterocycles. The van der Waals surface area contributed by atoms with Gasteiger partial charge in [-0.05, 0) is 19.3 Å². The van der Waals surface area contributed by atoms with Crippen LogP contribution in [0.4, 0.5) is 0 Å². The normalized spacial score (nSPS) is 21.9. The summed E-state index contributed by atoms with van der Waals surface area (Å²) in [4.78, 5) is 11.8. The van der Waals surface area contributed by atoms with Crippen molar-refractivity contribution in [1.29, 1.82) is 0 Å². The number of epoxide rings is 1. The SMILES string of the molecule is CC(C)(C)C(C)(C)C(=O)OCC1CO1. The zero-order valence-corrected chi connectivity index (χ0v) is 9.72. The highest BCUT2D eigenvalue weighted by Gasteiger charge is 2.41. The molecule has 0 amide bonds. The summed E-state index contributed by atoms with van der Waals surface area (Å²) in [5.74, 6) is -0.138. The lowest BCUT2D eigenvalue weighted by Gasteiger charge is -2.36. The molecule has 1 fully saturated rings. The maximum atomic E-state index is 11.8. The summed E-state index contributed by atoms with van der Waals surface area (Å²) in [5.41, 5.74) is -0.545. The van der Waals surface area contributed by atoms with Gasteiger partial charge in [0.05, 0.1) is 12.0 Å².